The highest BCUT2D eigenvalue weighted by molar-refractivity contribution is 5.74. The van der Waals surface area contributed by atoms with Crippen molar-refractivity contribution < 1.29 is 9.53 Å². The van der Waals surface area contributed by atoms with Gasteiger partial charge in [0, 0.05) is 32.2 Å². The van der Waals surface area contributed by atoms with Crippen LogP contribution in [0.25, 0.3) is 0 Å². The van der Waals surface area contributed by atoms with E-state index in [1.807, 2.05) is 6.92 Å². The molecule has 0 aromatic heterocycles. The number of nitrogens with one attached hydrogen (secondary N) is 1. The van der Waals surface area contributed by atoms with Crippen molar-refractivity contribution in [2.45, 2.75) is 39.3 Å². The SMILES string of the molecule is CCN(C)C(=O)NC1CC(OC)C1(C)C. The number of urea groups is 1. The molecular formula is C11H22N2O2. The molecule has 0 spiro atoms. The molecule has 0 aromatic rings. The van der Waals surface area contributed by atoms with Crippen LogP contribution in [0.2, 0.25) is 0 Å². The highest BCUT2D eigenvalue weighted by Gasteiger charge is 2.49. The Morgan fingerprint density at radius 2 is 2.20 bits per heavy atom. The Balaban J connectivity index is 2.46. The van der Waals surface area contributed by atoms with Crippen LogP contribution in [0.3, 0.4) is 0 Å². The number of rotatable bonds is 3. The first-order valence-electron chi connectivity index (χ1n) is 5.47. The van der Waals surface area contributed by atoms with E-state index in [-0.39, 0.29) is 23.6 Å². The third-order valence-corrected chi connectivity index (χ3v) is 3.58. The number of carbonyl (C=O) groups excluding carboxylic acids is 1. The lowest BCUT2D eigenvalue weighted by molar-refractivity contribution is -0.0942. The minimum atomic E-state index is 0.00475. The maximum absolute atomic E-state index is 11.6. The second kappa shape index (κ2) is 4.39. The van der Waals surface area contributed by atoms with Crippen LogP contribution >= 0.6 is 0 Å². The Hall–Kier alpha value is -0.770. The van der Waals surface area contributed by atoms with Crippen molar-refractivity contribution in [2.75, 3.05) is 20.7 Å². The predicted molar refractivity (Wildman–Crippen MR) is 59.8 cm³/mol. The van der Waals surface area contributed by atoms with E-state index in [2.05, 4.69) is 19.2 Å². The summed E-state index contributed by atoms with van der Waals surface area (Å²) >= 11 is 0. The summed E-state index contributed by atoms with van der Waals surface area (Å²) in [6.45, 7) is 6.94. The van der Waals surface area contributed by atoms with Crippen LogP contribution < -0.4 is 5.32 Å². The number of carbonyl (C=O) groups is 1. The van der Waals surface area contributed by atoms with Crippen molar-refractivity contribution in [2.24, 2.45) is 5.41 Å². The zero-order valence-electron chi connectivity index (χ0n) is 10.3. The van der Waals surface area contributed by atoms with Crippen molar-refractivity contribution in [3.05, 3.63) is 0 Å². The molecule has 0 heterocycles. The van der Waals surface area contributed by atoms with Crippen molar-refractivity contribution >= 4 is 6.03 Å². The van der Waals surface area contributed by atoms with E-state index in [9.17, 15) is 4.79 Å². The van der Waals surface area contributed by atoms with E-state index in [0.29, 0.717) is 0 Å². The number of ether oxygens (including phenoxy) is 1. The van der Waals surface area contributed by atoms with Crippen LogP contribution in [0.15, 0.2) is 0 Å². The van der Waals surface area contributed by atoms with E-state index >= 15 is 0 Å². The molecule has 0 aromatic carbocycles. The van der Waals surface area contributed by atoms with Gasteiger partial charge in [0.05, 0.1) is 6.10 Å². The van der Waals surface area contributed by atoms with Gasteiger partial charge in [0.15, 0.2) is 0 Å². The van der Waals surface area contributed by atoms with Crippen LogP contribution in [0.4, 0.5) is 4.79 Å². The van der Waals surface area contributed by atoms with Gasteiger partial charge in [0.1, 0.15) is 0 Å². The molecule has 0 aliphatic heterocycles. The molecule has 2 unspecified atom stereocenters. The predicted octanol–water partition coefficient (Wildman–Crippen LogP) is 1.46. The molecule has 4 nitrogen and oxygen atoms in total. The maximum Gasteiger partial charge on any atom is 0.317 e. The van der Waals surface area contributed by atoms with E-state index in [1.54, 1.807) is 19.1 Å². The number of methoxy groups -OCH3 is 1. The second-order valence-corrected chi connectivity index (χ2v) is 4.80. The minimum Gasteiger partial charge on any atom is -0.381 e. The topological polar surface area (TPSA) is 41.6 Å². The first kappa shape index (κ1) is 12.3. The minimum absolute atomic E-state index is 0.00475. The van der Waals surface area contributed by atoms with Crippen molar-refractivity contribution in [1.82, 2.24) is 10.2 Å². The van der Waals surface area contributed by atoms with Gasteiger partial charge in [-0.2, -0.15) is 0 Å². The van der Waals surface area contributed by atoms with E-state index in [1.165, 1.54) is 0 Å². The summed E-state index contributed by atoms with van der Waals surface area (Å²) in [6.07, 6.45) is 1.17. The van der Waals surface area contributed by atoms with Crippen molar-refractivity contribution in [1.29, 1.82) is 0 Å². The Morgan fingerprint density at radius 3 is 2.60 bits per heavy atom. The molecule has 1 aliphatic carbocycles. The highest BCUT2D eigenvalue weighted by atomic mass is 16.5. The molecule has 0 radical (unpaired) electrons. The van der Waals surface area contributed by atoms with Gasteiger partial charge in [-0.25, -0.2) is 4.79 Å². The molecule has 1 aliphatic rings. The first-order valence-corrected chi connectivity index (χ1v) is 5.47. The van der Waals surface area contributed by atoms with Gasteiger partial charge < -0.3 is 15.0 Å². The summed E-state index contributed by atoms with van der Waals surface area (Å²) in [6, 6.07) is 0.231. The molecule has 88 valence electrons. The summed E-state index contributed by atoms with van der Waals surface area (Å²) in [7, 11) is 3.53. The molecule has 1 rings (SSSR count). The van der Waals surface area contributed by atoms with Gasteiger partial charge in [-0.3, -0.25) is 0 Å². The van der Waals surface area contributed by atoms with Crippen LogP contribution in [0, 0.1) is 5.41 Å². The van der Waals surface area contributed by atoms with E-state index in [4.69, 9.17) is 4.74 Å². The third-order valence-electron chi connectivity index (χ3n) is 3.58. The van der Waals surface area contributed by atoms with Crippen LogP contribution in [-0.2, 0) is 4.74 Å². The highest BCUT2D eigenvalue weighted by Crippen LogP contribution is 2.42. The molecule has 15 heavy (non-hydrogen) atoms. The molecule has 1 saturated carbocycles. The summed E-state index contributed by atoms with van der Waals surface area (Å²) in [5.74, 6) is 0. The number of hydrogen-bond acceptors (Lipinski definition) is 2. The number of hydrogen-bond donors (Lipinski definition) is 1. The monoisotopic (exact) mass is 214 g/mol. The maximum atomic E-state index is 11.6. The van der Waals surface area contributed by atoms with Gasteiger partial charge in [0.2, 0.25) is 0 Å². The zero-order chi connectivity index (χ0) is 11.6. The normalized spacial score (nSPS) is 28.1. The summed E-state index contributed by atoms with van der Waals surface area (Å²) < 4.78 is 5.34. The molecule has 4 heteroatoms. The number of amides is 2. The van der Waals surface area contributed by atoms with Crippen molar-refractivity contribution in [3.8, 4) is 0 Å². The largest absolute Gasteiger partial charge is 0.381 e. The Kier molecular flexibility index (Phi) is 3.60. The molecule has 0 saturated heterocycles. The molecule has 0 bridgehead atoms. The van der Waals surface area contributed by atoms with Gasteiger partial charge in [-0.05, 0) is 13.3 Å². The van der Waals surface area contributed by atoms with Gasteiger partial charge in [-0.15, -0.1) is 0 Å². The molecule has 2 atom stereocenters. The summed E-state index contributed by atoms with van der Waals surface area (Å²) in [4.78, 5) is 13.3. The summed E-state index contributed by atoms with van der Waals surface area (Å²) in [5, 5.41) is 3.03. The standard InChI is InChI=1S/C11H22N2O2/c1-6-13(4)10(14)12-8-7-9(15-5)11(8,2)3/h8-9H,6-7H2,1-5H3,(H,12,14). The van der Waals surface area contributed by atoms with Crippen LogP contribution in [0.1, 0.15) is 27.2 Å². The molecular weight excluding hydrogens is 192 g/mol. The fourth-order valence-corrected chi connectivity index (χ4v) is 1.93. The zero-order valence-corrected chi connectivity index (χ0v) is 10.3. The molecule has 1 N–H and O–H groups in total. The first-order chi connectivity index (χ1) is 6.93. The number of nitrogens with zero attached hydrogens (tertiary/aromatic N) is 1. The van der Waals surface area contributed by atoms with E-state index in [0.717, 1.165) is 13.0 Å². The quantitative estimate of drug-likeness (QED) is 0.772. The second-order valence-electron chi connectivity index (χ2n) is 4.80. The molecule has 2 amide bonds. The molecule has 1 fully saturated rings. The smallest absolute Gasteiger partial charge is 0.317 e. The Bertz CT molecular complexity index is 241. The van der Waals surface area contributed by atoms with Crippen molar-refractivity contribution in [3.63, 3.8) is 0 Å². The summed E-state index contributed by atoms with van der Waals surface area (Å²) in [5.41, 5.74) is 0.0407. The van der Waals surface area contributed by atoms with Gasteiger partial charge in [0.25, 0.3) is 0 Å². The van der Waals surface area contributed by atoms with Gasteiger partial charge in [-0.1, -0.05) is 13.8 Å². The lowest BCUT2D eigenvalue weighted by Gasteiger charge is -2.51. The third kappa shape index (κ3) is 2.25. The Labute approximate surface area is 92.0 Å². The average Bonchev–Trinajstić information content (AvgIpc) is 2.21. The van der Waals surface area contributed by atoms with Crippen LogP contribution in [-0.4, -0.2) is 43.8 Å². The fraction of sp³-hybridized carbons (Fsp3) is 0.909. The average molecular weight is 214 g/mol. The lowest BCUT2D eigenvalue weighted by Crippen LogP contribution is -2.63. The fourth-order valence-electron chi connectivity index (χ4n) is 1.93. The van der Waals surface area contributed by atoms with E-state index < -0.39 is 0 Å². The van der Waals surface area contributed by atoms with Crippen LogP contribution in [0.5, 0.6) is 0 Å². The Morgan fingerprint density at radius 1 is 1.60 bits per heavy atom. The van der Waals surface area contributed by atoms with Gasteiger partial charge >= 0.3 is 6.03 Å². The lowest BCUT2D eigenvalue weighted by atomic mass is 9.64.